The highest BCUT2D eigenvalue weighted by molar-refractivity contribution is 7.47. The van der Waals surface area contributed by atoms with Crippen LogP contribution in [-0.2, 0) is 65.4 Å². The van der Waals surface area contributed by atoms with Crippen LogP contribution in [0.15, 0.2) is 182 Å². The average molecular weight is 1410 g/mol. The number of phosphoric acid groups is 2. The van der Waals surface area contributed by atoms with Crippen LogP contribution in [0.25, 0.3) is 0 Å². The summed E-state index contributed by atoms with van der Waals surface area (Å²) in [7, 11) is -10.0. The molecule has 0 aliphatic carbocycles. The van der Waals surface area contributed by atoms with E-state index < -0.39 is 97.5 Å². The van der Waals surface area contributed by atoms with Gasteiger partial charge in [0.25, 0.3) is 0 Å². The van der Waals surface area contributed by atoms with Crippen molar-refractivity contribution in [2.75, 3.05) is 39.6 Å². The Morgan fingerprint density at radius 3 is 0.980 bits per heavy atom. The van der Waals surface area contributed by atoms with Crippen molar-refractivity contribution in [3.63, 3.8) is 0 Å². The van der Waals surface area contributed by atoms with E-state index in [-0.39, 0.29) is 25.7 Å². The average Bonchev–Trinajstić information content (AvgIpc) is 1.04. The van der Waals surface area contributed by atoms with E-state index in [4.69, 9.17) is 37.0 Å². The van der Waals surface area contributed by atoms with Crippen molar-refractivity contribution in [1.29, 1.82) is 0 Å². The van der Waals surface area contributed by atoms with Gasteiger partial charge in [-0.25, -0.2) is 9.13 Å². The van der Waals surface area contributed by atoms with Gasteiger partial charge in [-0.15, -0.1) is 0 Å². The highest BCUT2D eigenvalue weighted by atomic mass is 31.2. The number of hydrogen-bond donors (Lipinski definition) is 3. The third-order valence-corrected chi connectivity index (χ3v) is 15.8. The van der Waals surface area contributed by atoms with E-state index in [2.05, 4.69) is 161 Å². The Morgan fingerprint density at radius 1 is 0.306 bits per heavy atom. The van der Waals surface area contributed by atoms with Crippen molar-refractivity contribution in [2.45, 2.75) is 251 Å². The molecule has 17 nitrogen and oxygen atoms in total. The van der Waals surface area contributed by atoms with Crippen LogP contribution < -0.4 is 0 Å². The molecular formula is C79H124O17P2. The first-order valence-electron chi connectivity index (χ1n) is 36.0. The number of phosphoric ester groups is 2. The number of aliphatic hydroxyl groups excluding tert-OH is 1. The molecule has 0 saturated carbocycles. The predicted octanol–water partition coefficient (Wildman–Crippen LogP) is 20.4. The van der Waals surface area contributed by atoms with Crippen molar-refractivity contribution >= 4 is 39.5 Å². The van der Waals surface area contributed by atoms with Crippen molar-refractivity contribution in [3.05, 3.63) is 182 Å². The maximum absolute atomic E-state index is 13.0. The topological polar surface area (TPSA) is 237 Å². The van der Waals surface area contributed by atoms with Gasteiger partial charge >= 0.3 is 39.5 Å². The van der Waals surface area contributed by atoms with E-state index >= 15 is 0 Å². The Labute approximate surface area is 590 Å². The van der Waals surface area contributed by atoms with E-state index in [1.165, 1.54) is 25.7 Å². The number of carbonyl (C=O) groups is 4. The van der Waals surface area contributed by atoms with E-state index in [0.717, 1.165) is 128 Å². The first-order valence-corrected chi connectivity index (χ1v) is 39.0. The Balaban J connectivity index is 5.55. The molecule has 0 spiro atoms. The van der Waals surface area contributed by atoms with Crippen LogP contribution in [0.2, 0.25) is 0 Å². The number of allylic oxidation sites excluding steroid dienone is 28. The first kappa shape index (κ1) is 92.2. The molecule has 0 bridgehead atoms. The molecule has 0 aromatic carbocycles. The van der Waals surface area contributed by atoms with Crippen LogP contribution in [0.5, 0.6) is 0 Å². The first-order chi connectivity index (χ1) is 47.7. The Bertz CT molecular complexity index is 2580. The van der Waals surface area contributed by atoms with Gasteiger partial charge in [-0.3, -0.25) is 37.3 Å². The summed E-state index contributed by atoms with van der Waals surface area (Å²) in [5, 5.41) is 10.6. The van der Waals surface area contributed by atoms with Gasteiger partial charge in [0.05, 0.1) is 39.3 Å². The van der Waals surface area contributed by atoms with Gasteiger partial charge in [0, 0.05) is 12.8 Å². The summed E-state index contributed by atoms with van der Waals surface area (Å²) in [5.74, 6) is -2.56. The van der Waals surface area contributed by atoms with Gasteiger partial charge in [0.15, 0.2) is 12.2 Å². The molecule has 0 radical (unpaired) electrons. The van der Waals surface area contributed by atoms with Crippen molar-refractivity contribution < 1.29 is 80.2 Å². The summed E-state index contributed by atoms with van der Waals surface area (Å²) in [5.41, 5.74) is 0. The fourth-order valence-corrected chi connectivity index (χ4v) is 10.1. The molecule has 0 rings (SSSR count). The second-order valence-electron chi connectivity index (χ2n) is 23.1. The lowest BCUT2D eigenvalue weighted by molar-refractivity contribution is -0.161. The molecule has 552 valence electrons. The summed E-state index contributed by atoms with van der Waals surface area (Å²) in [6, 6.07) is 0. The molecule has 0 aliphatic rings. The minimum absolute atomic E-state index is 0.0643. The zero-order chi connectivity index (χ0) is 71.8. The lowest BCUT2D eigenvalue weighted by Gasteiger charge is -2.21. The maximum atomic E-state index is 13.0. The van der Waals surface area contributed by atoms with Crippen LogP contribution in [-0.4, -0.2) is 96.7 Å². The van der Waals surface area contributed by atoms with Crippen molar-refractivity contribution in [3.8, 4) is 0 Å². The summed E-state index contributed by atoms with van der Waals surface area (Å²) in [6.45, 7) is 4.16. The summed E-state index contributed by atoms with van der Waals surface area (Å²) < 4.78 is 68.0. The van der Waals surface area contributed by atoms with Gasteiger partial charge in [-0.1, -0.05) is 249 Å². The quantitative estimate of drug-likeness (QED) is 0.0169. The molecule has 5 atom stereocenters. The zero-order valence-electron chi connectivity index (χ0n) is 59.9. The lowest BCUT2D eigenvalue weighted by Crippen LogP contribution is -2.30. The van der Waals surface area contributed by atoms with Crippen LogP contribution in [0.3, 0.4) is 0 Å². The van der Waals surface area contributed by atoms with Crippen LogP contribution in [0.1, 0.15) is 233 Å². The summed E-state index contributed by atoms with van der Waals surface area (Å²) in [6.07, 6.45) is 82.6. The summed E-state index contributed by atoms with van der Waals surface area (Å²) in [4.78, 5) is 72.6. The predicted molar refractivity (Wildman–Crippen MR) is 399 cm³/mol. The fourth-order valence-electron chi connectivity index (χ4n) is 8.53. The molecule has 0 aliphatic heterocycles. The largest absolute Gasteiger partial charge is 0.472 e. The molecule has 3 N–H and O–H groups in total. The molecule has 0 heterocycles. The van der Waals surface area contributed by atoms with Gasteiger partial charge in [0.2, 0.25) is 0 Å². The molecule has 19 heteroatoms. The van der Waals surface area contributed by atoms with E-state index in [1.807, 2.05) is 24.3 Å². The highest BCUT2D eigenvalue weighted by Gasteiger charge is 2.30. The maximum Gasteiger partial charge on any atom is 0.472 e. The van der Waals surface area contributed by atoms with Gasteiger partial charge in [-0.2, -0.15) is 0 Å². The minimum atomic E-state index is -5.03. The van der Waals surface area contributed by atoms with Crippen LogP contribution >= 0.6 is 15.6 Å². The zero-order valence-corrected chi connectivity index (χ0v) is 61.7. The molecule has 0 amide bonds. The SMILES string of the molecule is CC/C=C\C/C=C\C/C=C\C/C=C\C/C=C\CC(=O)OCC(COP(=O)(O)OCC(O)COP(=O)(O)OCC(COC(=O)CCCC/C=C\C/C=C\C/C=C\C/C=C\CC)OC(=O)CCCCCCC/C=C\CCCCCC)OC(=O)C/C=C\C/C=C\C/C=C\C/C=C\C/C=C\CC. The van der Waals surface area contributed by atoms with Gasteiger partial charge in [0.1, 0.15) is 19.3 Å². The number of aliphatic hydroxyl groups is 1. The second kappa shape index (κ2) is 69.6. The Kier molecular flexibility index (Phi) is 65.5. The number of rotatable bonds is 65. The Hall–Kier alpha value is -5.84. The normalized spacial score (nSPS) is 15.1. The molecule has 5 unspecified atom stereocenters. The van der Waals surface area contributed by atoms with Crippen molar-refractivity contribution in [1.82, 2.24) is 0 Å². The number of ether oxygens (including phenoxy) is 4. The lowest BCUT2D eigenvalue weighted by atomic mass is 10.1. The number of carbonyl (C=O) groups excluding carboxylic acids is 4. The van der Waals surface area contributed by atoms with E-state index in [1.54, 1.807) is 24.3 Å². The van der Waals surface area contributed by atoms with E-state index in [9.17, 15) is 43.2 Å². The minimum Gasteiger partial charge on any atom is -0.462 e. The second-order valence-corrected chi connectivity index (χ2v) is 26.0. The summed E-state index contributed by atoms with van der Waals surface area (Å²) >= 11 is 0. The van der Waals surface area contributed by atoms with Crippen LogP contribution in [0, 0.1) is 0 Å². The molecule has 0 saturated heterocycles. The molecule has 0 aromatic heterocycles. The van der Waals surface area contributed by atoms with E-state index in [0.29, 0.717) is 25.7 Å². The van der Waals surface area contributed by atoms with Crippen molar-refractivity contribution in [2.24, 2.45) is 0 Å². The third kappa shape index (κ3) is 68.7. The standard InChI is InChI=1S/C79H124O17P2/c1-5-9-13-17-21-25-29-33-36-40-43-47-51-55-59-63-76(81)89-69-74(95-78(83)65-61-57-53-49-45-39-32-28-24-20-16-12-8-4)71-93-97(85,86)91-67-73(80)68-92-98(87,88)94-72-75(96-79(84)66-62-58-54-50-46-42-38-35-31-27-23-19-15-11-7-3)70-90-77(82)64-60-56-52-48-44-41-37-34-30-26-22-18-14-10-6-2/h9-11,13-15,21-23,25-28,32-38,43-44,46-48,50,56,58,60,62,73-75,80H,5-8,12,16-20,24,29-31,39-42,45,49,51-55,57,59,61,63-72H2,1-4H3,(H,85,86)(H,87,88)/b13-9-,14-10-,15-11-,25-21-,26-22-,27-23-,32-28-,36-33-,37-34-,38-35-,47-43-,48-44-,50-46-,60-56-,62-58-. The Morgan fingerprint density at radius 2 is 0.582 bits per heavy atom. The fraction of sp³-hybridized carbons (Fsp3) is 0.570. The molecular weight excluding hydrogens is 1280 g/mol. The highest BCUT2D eigenvalue weighted by Crippen LogP contribution is 2.45. The number of esters is 4. The molecule has 98 heavy (non-hydrogen) atoms. The van der Waals surface area contributed by atoms with Gasteiger partial charge in [-0.05, 0) is 141 Å². The third-order valence-electron chi connectivity index (χ3n) is 13.9. The molecule has 0 fully saturated rings. The number of unbranched alkanes of at least 4 members (excludes halogenated alkanes) is 11. The molecule has 0 aromatic rings. The van der Waals surface area contributed by atoms with Crippen LogP contribution in [0.4, 0.5) is 0 Å². The van der Waals surface area contributed by atoms with Gasteiger partial charge < -0.3 is 33.8 Å². The monoisotopic (exact) mass is 1410 g/mol. The number of hydrogen-bond acceptors (Lipinski definition) is 15. The smallest absolute Gasteiger partial charge is 0.462 e.